The van der Waals surface area contributed by atoms with E-state index in [2.05, 4.69) is 0 Å². The van der Waals surface area contributed by atoms with Crippen LogP contribution in [0.3, 0.4) is 0 Å². The molecule has 1 aliphatic heterocycles. The van der Waals surface area contributed by atoms with Crippen molar-refractivity contribution in [2.45, 2.75) is 6.04 Å². The van der Waals surface area contributed by atoms with Crippen molar-refractivity contribution >= 4 is 34.7 Å². The maximum Gasteiger partial charge on any atom is 0.295 e. The lowest BCUT2D eigenvalue weighted by molar-refractivity contribution is -0.384. The first kappa shape index (κ1) is 22.4. The Morgan fingerprint density at radius 2 is 1.90 bits per heavy atom. The van der Waals surface area contributed by atoms with Crippen molar-refractivity contribution in [3.8, 4) is 0 Å². The third kappa shape index (κ3) is 4.58. The summed E-state index contributed by atoms with van der Waals surface area (Å²) < 4.78 is 5.22. The van der Waals surface area contributed by atoms with E-state index >= 15 is 0 Å². The first-order chi connectivity index (χ1) is 14.9. The van der Waals surface area contributed by atoms with Gasteiger partial charge in [0.2, 0.25) is 0 Å². The SMILES string of the molecule is O=C1C(=O)N(CCOCCO)[C@H](c2ccccc2Cl)/C1=C(\O)c1cccc([N+](=O)[O-])c1. The number of aliphatic hydroxyl groups is 2. The zero-order valence-corrected chi connectivity index (χ0v) is 17.0. The molecule has 162 valence electrons. The minimum atomic E-state index is -1.01. The van der Waals surface area contributed by atoms with Crippen molar-refractivity contribution in [2.24, 2.45) is 0 Å². The molecule has 0 bridgehead atoms. The number of hydrogen-bond donors (Lipinski definition) is 2. The quantitative estimate of drug-likeness (QED) is 0.159. The molecule has 1 heterocycles. The van der Waals surface area contributed by atoms with Crippen molar-refractivity contribution in [3.63, 3.8) is 0 Å². The predicted molar refractivity (Wildman–Crippen MR) is 111 cm³/mol. The van der Waals surface area contributed by atoms with Crippen molar-refractivity contribution < 1.29 is 29.5 Å². The summed E-state index contributed by atoms with van der Waals surface area (Å²) in [5.74, 6) is -2.33. The van der Waals surface area contributed by atoms with Crippen molar-refractivity contribution in [2.75, 3.05) is 26.4 Å². The van der Waals surface area contributed by atoms with Crippen LogP contribution in [-0.2, 0) is 14.3 Å². The Labute approximate surface area is 182 Å². The van der Waals surface area contributed by atoms with E-state index in [1.54, 1.807) is 24.3 Å². The number of ketones is 1. The van der Waals surface area contributed by atoms with Crippen LogP contribution in [0, 0.1) is 10.1 Å². The Morgan fingerprint density at radius 1 is 1.16 bits per heavy atom. The second-order valence-corrected chi connectivity index (χ2v) is 7.06. The number of nitro groups is 1. The van der Waals surface area contributed by atoms with Crippen LogP contribution in [0.5, 0.6) is 0 Å². The van der Waals surface area contributed by atoms with Gasteiger partial charge in [0.25, 0.3) is 17.4 Å². The van der Waals surface area contributed by atoms with Crippen LogP contribution in [0.1, 0.15) is 17.2 Å². The molecular weight excluding hydrogens is 428 g/mol. The summed E-state index contributed by atoms with van der Waals surface area (Å²) in [5, 5.41) is 31.1. The van der Waals surface area contributed by atoms with E-state index in [1.165, 1.54) is 23.1 Å². The van der Waals surface area contributed by atoms with Gasteiger partial charge in [-0.2, -0.15) is 0 Å². The van der Waals surface area contributed by atoms with E-state index in [9.17, 15) is 24.8 Å². The van der Waals surface area contributed by atoms with Gasteiger partial charge in [0.1, 0.15) is 5.76 Å². The molecule has 0 aromatic heterocycles. The number of nitro benzene ring substituents is 1. The number of rotatable bonds is 8. The highest BCUT2D eigenvalue weighted by Gasteiger charge is 2.46. The molecule has 10 heteroatoms. The maximum absolute atomic E-state index is 12.9. The number of non-ortho nitro benzene ring substituents is 1. The van der Waals surface area contributed by atoms with Gasteiger partial charge in [-0.05, 0) is 11.6 Å². The van der Waals surface area contributed by atoms with Crippen LogP contribution >= 0.6 is 11.6 Å². The molecule has 3 rings (SSSR count). The standard InChI is InChI=1S/C21H19ClN2O7/c22-16-7-2-1-6-15(16)18-17(19(26)13-4-3-5-14(12-13)24(29)30)20(27)21(28)23(18)8-10-31-11-9-25/h1-7,12,18,25-26H,8-11H2/b19-17+/t18-/m1/s1. The van der Waals surface area contributed by atoms with Crippen LogP contribution in [0.15, 0.2) is 54.1 Å². The van der Waals surface area contributed by atoms with Crippen molar-refractivity contribution in [3.05, 3.63) is 80.4 Å². The van der Waals surface area contributed by atoms with E-state index in [-0.39, 0.29) is 48.2 Å². The predicted octanol–water partition coefficient (Wildman–Crippen LogP) is 2.68. The number of ether oxygens (including phenoxy) is 1. The molecule has 0 spiro atoms. The lowest BCUT2D eigenvalue weighted by Crippen LogP contribution is -2.33. The Morgan fingerprint density at radius 3 is 2.58 bits per heavy atom. The summed E-state index contributed by atoms with van der Waals surface area (Å²) in [7, 11) is 0. The Balaban J connectivity index is 2.12. The number of halogens is 1. The molecule has 31 heavy (non-hydrogen) atoms. The number of hydrogen-bond acceptors (Lipinski definition) is 7. The first-order valence-electron chi connectivity index (χ1n) is 9.33. The molecule has 1 fully saturated rings. The average Bonchev–Trinajstić information content (AvgIpc) is 3.01. The number of nitrogens with zero attached hydrogens (tertiary/aromatic N) is 2. The summed E-state index contributed by atoms with van der Waals surface area (Å²) >= 11 is 6.32. The fourth-order valence-electron chi connectivity index (χ4n) is 3.38. The highest BCUT2D eigenvalue weighted by atomic mass is 35.5. The second-order valence-electron chi connectivity index (χ2n) is 6.66. The van der Waals surface area contributed by atoms with Gasteiger partial charge in [-0.15, -0.1) is 0 Å². The first-order valence-corrected chi connectivity index (χ1v) is 9.71. The van der Waals surface area contributed by atoms with Gasteiger partial charge >= 0.3 is 0 Å². The van der Waals surface area contributed by atoms with Crippen LogP contribution in [0.25, 0.3) is 5.76 Å². The summed E-state index contributed by atoms with van der Waals surface area (Å²) in [6, 6.07) is 10.7. The van der Waals surface area contributed by atoms with E-state index in [0.29, 0.717) is 5.56 Å². The highest BCUT2D eigenvalue weighted by molar-refractivity contribution is 6.47. The van der Waals surface area contributed by atoms with Crippen molar-refractivity contribution in [1.29, 1.82) is 0 Å². The molecule has 0 saturated carbocycles. The lowest BCUT2D eigenvalue weighted by Gasteiger charge is -2.26. The number of aliphatic hydroxyl groups excluding tert-OH is 2. The number of carbonyl (C=O) groups excluding carboxylic acids is 2. The van der Waals surface area contributed by atoms with Gasteiger partial charge in [-0.25, -0.2) is 0 Å². The maximum atomic E-state index is 12.9. The fraction of sp³-hybridized carbons (Fsp3) is 0.238. The molecule has 0 radical (unpaired) electrons. The molecule has 1 aliphatic rings. The zero-order chi connectivity index (χ0) is 22.5. The van der Waals surface area contributed by atoms with Crippen LogP contribution in [0.4, 0.5) is 5.69 Å². The molecular formula is C21H19ClN2O7. The highest BCUT2D eigenvalue weighted by Crippen LogP contribution is 2.41. The largest absolute Gasteiger partial charge is 0.507 e. The Kier molecular flexibility index (Phi) is 7.01. The lowest BCUT2D eigenvalue weighted by atomic mass is 9.95. The minimum absolute atomic E-state index is 0.00613. The van der Waals surface area contributed by atoms with E-state index in [1.807, 2.05) is 0 Å². The van der Waals surface area contributed by atoms with Crippen LogP contribution in [-0.4, -0.2) is 58.1 Å². The summed E-state index contributed by atoms with van der Waals surface area (Å²) in [4.78, 5) is 37.3. The fourth-order valence-corrected chi connectivity index (χ4v) is 3.62. The topological polar surface area (TPSA) is 130 Å². The number of carbonyl (C=O) groups is 2. The molecule has 2 aromatic rings. The Bertz CT molecular complexity index is 1050. The normalized spacial score (nSPS) is 17.9. The number of benzene rings is 2. The van der Waals surface area contributed by atoms with Gasteiger partial charge < -0.3 is 19.8 Å². The van der Waals surface area contributed by atoms with E-state index in [0.717, 1.165) is 6.07 Å². The number of amides is 1. The third-order valence-corrected chi connectivity index (χ3v) is 5.13. The van der Waals surface area contributed by atoms with Gasteiger partial charge in [0, 0.05) is 29.3 Å². The molecule has 0 aliphatic carbocycles. The zero-order valence-electron chi connectivity index (χ0n) is 16.2. The molecule has 1 saturated heterocycles. The number of likely N-dealkylation sites (tertiary alicyclic amines) is 1. The minimum Gasteiger partial charge on any atom is -0.507 e. The summed E-state index contributed by atoms with van der Waals surface area (Å²) in [6.07, 6.45) is 0. The smallest absolute Gasteiger partial charge is 0.295 e. The van der Waals surface area contributed by atoms with E-state index in [4.69, 9.17) is 21.4 Å². The average molecular weight is 447 g/mol. The van der Waals surface area contributed by atoms with Crippen LogP contribution in [0.2, 0.25) is 5.02 Å². The van der Waals surface area contributed by atoms with Gasteiger partial charge in [-0.3, -0.25) is 19.7 Å². The molecule has 0 unspecified atom stereocenters. The van der Waals surface area contributed by atoms with Gasteiger partial charge in [0.15, 0.2) is 0 Å². The summed E-state index contributed by atoms with van der Waals surface area (Å²) in [5.41, 5.74) is -0.0518. The second kappa shape index (κ2) is 9.69. The molecule has 9 nitrogen and oxygen atoms in total. The van der Waals surface area contributed by atoms with E-state index < -0.39 is 28.4 Å². The molecule has 1 amide bonds. The van der Waals surface area contributed by atoms with Gasteiger partial charge in [-0.1, -0.05) is 41.9 Å². The Hall–Kier alpha value is -3.27. The van der Waals surface area contributed by atoms with Crippen LogP contribution < -0.4 is 0 Å². The number of Topliss-reactive ketones (excluding diaryl/α,β-unsaturated/α-hetero) is 1. The van der Waals surface area contributed by atoms with Gasteiger partial charge in [0.05, 0.1) is 36.4 Å². The summed E-state index contributed by atoms with van der Waals surface area (Å²) in [6.45, 7) is -0.0779. The molecule has 1 atom stereocenters. The molecule has 2 N–H and O–H groups in total. The monoisotopic (exact) mass is 446 g/mol. The van der Waals surface area contributed by atoms with Crippen molar-refractivity contribution in [1.82, 2.24) is 4.90 Å². The molecule has 2 aromatic carbocycles. The third-order valence-electron chi connectivity index (χ3n) is 4.78.